The molecule has 3 aromatic rings. The second kappa shape index (κ2) is 11.6. The van der Waals surface area contributed by atoms with Gasteiger partial charge in [-0.05, 0) is 36.3 Å². The molecule has 1 aliphatic rings. The van der Waals surface area contributed by atoms with Gasteiger partial charge in [0.25, 0.3) is 0 Å². The quantitative estimate of drug-likeness (QED) is 0.466. The monoisotopic (exact) mass is 505 g/mol. The minimum atomic E-state index is -1.52. The third-order valence-electron chi connectivity index (χ3n) is 5.99. The number of rotatable bonds is 8. The van der Waals surface area contributed by atoms with Gasteiger partial charge in [-0.25, -0.2) is 4.39 Å². The van der Waals surface area contributed by atoms with E-state index in [1.807, 2.05) is 30.3 Å². The maximum absolute atomic E-state index is 15.0. The van der Waals surface area contributed by atoms with E-state index < -0.39 is 18.0 Å². The summed E-state index contributed by atoms with van der Waals surface area (Å²) in [5.74, 6) is -0.0181. The smallest absolute Gasteiger partial charge is 0.313 e. The molecule has 2 aromatic carbocycles. The number of pyridine rings is 1. The Bertz CT molecular complexity index is 1360. The van der Waals surface area contributed by atoms with Gasteiger partial charge in [0.1, 0.15) is 11.5 Å². The number of amides is 2. The fourth-order valence-corrected chi connectivity index (χ4v) is 3.92. The third kappa shape index (κ3) is 6.06. The number of aromatic nitrogens is 1. The zero-order valence-electron chi connectivity index (χ0n) is 20.9. The lowest BCUT2D eigenvalue weighted by atomic mass is 10.1. The molecule has 0 bridgehead atoms. The molecule has 1 N–H and O–H groups in total. The number of likely N-dealkylation sites (N-methyl/N-ethyl adjacent to an activating group) is 1. The number of carbonyl (C=O) groups excluding carboxylic acids is 2. The van der Waals surface area contributed by atoms with Crippen LogP contribution in [0.25, 0.3) is 10.9 Å². The topological polar surface area (TPSA) is 90.0 Å². The van der Waals surface area contributed by atoms with E-state index in [9.17, 15) is 9.59 Å². The van der Waals surface area contributed by atoms with E-state index in [1.165, 1.54) is 31.3 Å². The van der Waals surface area contributed by atoms with Crippen LogP contribution in [0, 0.1) is 0 Å². The van der Waals surface area contributed by atoms with E-state index >= 15 is 4.39 Å². The van der Waals surface area contributed by atoms with Crippen LogP contribution in [0.4, 0.5) is 4.39 Å². The van der Waals surface area contributed by atoms with Gasteiger partial charge in [0.05, 0.1) is 19.7 Å². The number of carbonyl (C=O) groups is 2. The molecule has 1 aliphatic carbocycles. The number of benzene rings is 2. The molecule has 1 aromatic heterocycles. The maximum Gasteiger partial charge on any atom is 0.313 e. The molecule has 0 saturated heterocycles. The first-order valence-electron chi connectivity index (χ1n) is 11.7. The van der Waals surface area contributed by atoms with E-state index in [0.29, 0.717) is 46.8 Å². The number of nitrogens with zero attached hydrogens (tertiary/aromatic N) is 2. The van der Waals surface area contributed by atoms with Crippen LogP contribution < -0.4 is 19.5 Å². The van der Waals surface area contributed by atoms with Gasteiger partial charge in [-0.15, -0.1) is 0 Å². The lowest BCUT2D eigenvalue weighted by Crippen LogP contribution is -2.42. The molecule has 0 radical (unpaired) electrons. The first kappa shape index (κ1) is 25.7. The van der Waals surface area contributed by atoms with Crippen molar-refractivity contribution in [2.75, 3.05) is 27.8 Å². The first-order chi connectivity index (χ1) is 17.9. The molecule has 9 heteroatoms. The lowest BCUT2D eigenvalue weighted by Gasteiger charge is -2.21. The SMILES string of the molecule is COc1cc2nccc(OC3=CC=C(NC(=O)C(=O)N(C)CCc4ccccc4)CC3F)c2cc1OC. The molecule has 8 nitrogen and oxygen atoms in total. The van der Waals surface area contributed by atoms with Gasteiger partial charge in [-0.2, -0.15) is 0 Å². The second-order valence-corrected chi connectivity index (χ2v) is 8.48. The summed E-state index contributed by atoms with van der Waals surface area (Å²) in [6.45, 7) is 0.384. The summed E-state index contributed by atoms with van der Waals surface area (Å²) < 4.78 is 31.6. The van der Waals surface area contributed by atoms with Gasteiger partial charge in [0.15, 0.2) is 17.7 Å². The van der Waals surface area contributed by atoms with Gasteiger partial charge in [0, 0.05) is 43.4 Å². The van der Waals surface area contributed by atoms with Crippen molar-refractivity contribution in [3.63, 3.8) is 0 Å². The average Bonchev–Trinajstić information content (AvgIpc) is 2.92. The summed E-state index contributed by atoms with van der Waals surface area (Å²) >= 11 is 0. The van der Waals surface area contributed by atoms with Crippen molar-refractivity contribution in [3.05, 3.63) is 83.9 Å². The minimum absolute atomic E-state index is 0.0755. The van der Waals surface area contributed by atoms with Gasteiger partial charge >= 0.3 is 11.8 Å². The van der Waals surface area contributed by atoms with Crippen LogP contribution in [0.3, 0.4) is 0 Å². The Balaban J connectivity index is 1.42. The highest BCUT2D eigenvalue weighted by atomic mass is 19.1. The minimum Gasteiger partial charge on any atom is -0.493 e. The van der Waals surface area contributed by atoms with Crippen molar-refractivity contribution in [2.24, 2.45) is 0 Å². The van der Waals surface area contributed by atoms with E-state index in [1.54, 1.807) is 31.4 Å². The molecular formula is C28H28FN3O5. The highest BCUT2D eigenvalue weighted by Crippen LogP contribution is 2.36. The summed E-state index contributed by atoms with van der Waals surface area (Å²) in [7, 11) is 4.62. The number of alkyl halides is 1. The number of hydrogen-bond acceptors (Lipinski definition) is 6. The molecule has 0 spiro atoms. The first-order valence-corrected chi connectivity index (χ1v) is 11.7. The van der Waals surface area contributed by atoms with Crippen LogP contribution in [0.15, 0.2) is 78.3 Å². The van der Waals surface area contributed by atoms with E-state index in [2.05, 4.69) is 10.3 Å². The van der Waals surface area contributed by atoms with Crippen molar-refractivity contribution in [2.45, 2.75) is 19.0 Å². The Kier molecular flexibility index (Phi) is 8.02. The number of ether oxygens (including phenoxy) is 3. The predicted molar refractivity (Wildman–Crippen MR) is 137 cm³/mol. The molecule has 0 saturated carbocycles. The number of fused-ring (bicyclic) bond motifs is 1. The summed E-state index contributed by atoms with van der Waals surface area (Å²) in [6, 6.07) is 14.7. The van der Waals surface area contributed by atoms with Crippen LogP contribution >= 0.6 is 0 Å². The highest BCUT2D eigenvalue weighted by Gasteiger charge is 2.25. The van der Waals surface area contributed by atoms with Gasteiger partial charge < -0.3 is 24.4 Å². The summed E-state index contributed by atoms with van der Waals surface area (Å²) in [4.78, 5) is 30.6. The van der Waals surface area contributed by atoms with Crippen LogP contribution in [0.5, 0.6) is 17.2 Å². The normalized spacial score (nSPS) is 14.9. The molecule has 1 heterocycles. The molecule has 1 unspecified atom stereocenters. The molecular weight excluding hydrogens is 477 g/mol. The number of methoxy groups -OCH3 is 2. The van der Waals surface area contributed by atoms with Gasteiger partial charge in [-0.1, -0.05) is 30.3 Å². The fraction of sp³-hybridized carbons (Fsp3) is 0.250. The largest absolute Gasteiger partial charge is 0.493 e. The molecule has 0 aliphatic heterocycles. The van der Waals surface area contributed by atoms with E-state index in [0.717, 1.165) is 5.56 Å². The van der Waals surface area contributed by atoms with Gasteiger partial charge in [-0.3, -0.25) is 14.6 Å². The Morgan fingerprint density at radius 3 is 2.49 bits per heavy atom. The molecule has 2 amide bonds. The Morgan fingerprint density at radius 1 is 1.05 bits per heavy atom. The highest BCUT2D eigenvalue weighted by molar-refractivity contribution is 6.35. The Morgan fingerprint density at radius 2 is 1.78 bits per heavy atom. The van der Waals surface area contributed by atoms with Crippen LogP contribution in [-0.2, 0) is 16.0 Å². The average molecular weight is 506 g/mol. The van der Waals surface area contributed by atoms with Crippen LogP contribution in [0.1, 0.15) is 12.0 Å². The maximum atomic E-state index is 15.0. The summed E-state index contributed by atoms with van der Waals surface area (Å²) in [6.07, 6.45) is 3.50. The van der Waals surface area contributed by atoms with Crippen molar-refractivity contribution >= 4 is 22.7 Å². The van der Waals surface area contributed by atoms with Crippen molar-refractivity contribution in [3.8, 4) is 17.2 Å². The predicted octanol–water partition coefficient (Wildman–Crippen LogP) is 3.96. The molecule has 4 rings (SSSR count). The van der Waals surface area contributed by atoms with E-state index in [4.69, 9.17) is 14.2 Å². The van der Waals surface area contributed by atoms with Crippen LogP contribution in [-0.4, -0.2) is 55.7 Å². The summed E-state index contributed by atoms with van der Waals surface area (Å²) in [5, 5.41) is 3.15. The third-order valence-corrected chi connectivity index (χ3v) is 5.99. The fourth-order valence-electron chi connectivity index (χ4n) is 3.92. The summed E-state index contributed by atoms with van der Waals surface area (Å²) in [5.41, 5.74) is 1.95. The Hall–Kier alpha value is -4.40. The zero-order chi connectivity index (χ0) is 26.4. The van der Waals surface area contributed by atoms with Crippen molar-refractivity contribution < 1.29 is 28.2 Å². The molecule has 1 atom stereocenters. The lowest BCUT2D eigenvalue weighted by molar-refractivity contribution is -0.144. The number of nitrogens with one attached hydrogen (secondary N) is 1. The standard InChI is InChI=1S/C28H28FN3O5/c1-32(14-12-18-7-5-4-6-8-18)28(34)27(33)31-19-9-10-24(21(29)15-19)37-23-11-13-30-22-17-26(36-3)25(35-2)16-20(22)23/h4-11,13,16-17,21H,12,14-15H2,1-3H3,(H,31,33). The molecule has 37 heavy (non-hydrogen) atoms. The second-order valence-electron chi connectivity index (χ2n) is 8.48. The molecule has 192 valence electrons. The van der Waals surface area contributed by atoms with Crippen LogP contribution in [0.2, 0.25) is 0 Å². The number of hydrogen-bond donors (Lipinski definition) is 1. The van der Waals surface area contributed by atoms with E-state index in [-0.39, 0.29) is 12.2 Å². The van der Waals surface area contributed by atoms with Crippen molar-refractivity contribution in [1.82, 2.24) is 15.2 Å². The zero-order valence-corrected chi connectivity index (χ0v) is 20.9. The molecule has 0 fully saturated rings. The van der Waals surface area contributed by atoms with Gasteiger partial charge in [0.2, 0.25) is 0 Å². The van der Waals surface area contributed by atoms with Crippen molar-refractivity contribution in [1.29, 1.82) is 0 Å². The number of allylic oxidation sites excluding steroid dienone is 4. The number of halogens is 1. The Labute approximate surface area is 214 Å².